The Labute approximate surface area is 196 Å². The molecule has 0 atom stereocenters. The maximum absolute atomic E-state index is 13.2. The van der Waals surface area contributed by atoms with Gasteiger partial charge >= 0.3 is 0 Å². The van der Waals surface area contributed by atoms with Crippen molar-refractivity contribution in [1.82, 2.24) is 14.8 Å². The summed E-state index contributed by atoms with van der Waals surface area (Å²) in [6, 6.07) is 12.0. The van der Waals surface area contributed by atoms with Gasteiger partial charge in [0.05, 0.1) is 17.7 Å². The molecule has 1 fully saturated rings. The molecule has 174 valence electrons. The molecule has 0 unspecified atom stereocenters. The molecule has 33 heavy (non-hydrogen) atoms. The number of piperidine rings is 1. The monoisotopic (exact) mass is 446 g/mol. The van der Waals surface area contributed by atoms with Crippen molar-refractivity contribution in [1.29, 1.82) is 0 Å². The first-order valence-corrected chi connectivity index (χ1v) is 11.9. The molecule has 2 amide bonds. The van der Waals surface area contributed by atoms with Crippen LogP contribution in [-0.2, 0) is 11.2 Å². The van der Waals surface area contributed by atoms with E-state index in [0.717, 1.165) is 54.0 Å². The van der Waals surface area contributed by atoms with Gasteiger partial charge in [0.2, 0.25) is 5.91 Å². The molecule has 0 radical (unpaired) electrons. The summed E-state index contributed by atoms with van der Waals surface area (Å²) in [7, 11) is 4.02. The van der Waals surface area contributed by atoms with Crippen LogP contribution in [0.1, 0.15) is 52.5 Å². The second-order valence-electron chi connectivity index (χ2n) is 9.29. The second kappa shape index (κ2) is 10.2. The highest BCUT2D eigenvalue weighted by atomic mass is 16.2. The summed E-state index contributed by atoms with van der Waals surface area (Å²) >= 11 is 0. The zero-order valence-electron chi connectivity index (χ0n) is 20.0. The van der Waals surface area contributed by atoms with E-state index >= 15 is 0 Å². The van der Waals surface area contributed by atoms with Crippen LogP contribution in [0.4, 0.5) is 5.69 Å². The van der Waals surface area contributed by atoms with E-state index in [2.05, 4.69) is 29.2 Å². The van der Waals surface area contributed by atoms with Crippen LogP contribution >= 0.6 is 0 Å². The summed E-state index contributed by atoms with van der Waals surface area (Å²) in [5.74, 6) is 0.439. The fourth-order valence-electron chi connectivity index (χ4n) is 4.67. The van der Waals surface area contributed by atoms with E-state index in [1.807, 2.05) is 55.1 Å². The third-order valence-corrected chi connectivity index (χ3v) is 6.68. The highest BCUT2D eigenvalue weighted by molar-refractivity contribution is 5.95. The van der Waals surface area contributed by atoms with E-state index in [4.69, 9.17) is 4.98 Å². The average molecular weight is 447 g/mol. The van der Waals surface area contributed by atoms with Crippen molar-refractivity contribution in [2.24, 2.45) is 0 Å². The SMILES string of the molecule is Cc1ccc(C(=O)N2CC=CCC2)c(C2CCN(C(=O)Cc3ccc(N(C)C)cc3)CC2)n1. The number of aromatic nitrogens is 1. The second-order valence-corrected chi connectivity index (χ2v) is 9.29. The number of likely N-dealkylation sites (tertiary alicyclic amines) is 1. The molecule has 6 nitrogen and oxygen atoms in total. The summed E-state index contributed by atoms with van der Waals surface area (Å²) in [5, 5.41) is 0. The van der Waals surface area contributed by atoms with Crippen molar-refractivity contribution in [3.63, 3.8) is 0 Å². The molecule has 2 aromatic rings. The normalized spacial score (nSPS) is 16.7. The lowest BCUT2D eigenvalue weighted by Crippen LogP contribution is -2.39. The number of hydrogen-bond donors (Lipinski definition) is 0. The van der Waals surface area contributed by atoms with E-state index in [1.54, 1.807) is 0 Å². The topological polar surface area (TPSA) is 56.8 Å². The third kappa shape index (κ3) is 5.44. The number of amides is 2. The molecule has 0 aliphatic carbocycles. The molecule has 1 aromatic carbocycles. The number of aryl methyl sites for hydroxylation is 1. The molecular formula is C27H34N4O2. The van der Waals surface area contributed by atoms with E-state index in [1.165, 1.54) is 0 Å². The van der Waals surface area contributed by atoms with Gasteiger partial charge in [-0.2, -0.15) is 0 Å². The van der Waals surface area contributed by atoms with E-state index in [9.17, 15) is 9.59 Å². The zero-order valence-corrected chi connectivity index (χ0v) is 20.0. The van der Waals surface area contributed by atoms with E-state index < -0.39 is 0 Å². The molecule has 0 N–H and O–H groups in total. The predicted molar refractivity (Wildman–Crippen MR) is 132 cm³/mol. The summed E-state index contributed by atoms with van der Waals surface area (Å²) < 4.78 is 0. The Kier molecular flexibility index (Phi) is 7.11. The van der Waals surface area contributed by atoms with Gasteiger partial charge in [0, 0.05) is 57.6 Å². The molecule has 0 spiro atoms. The lowest BCUT2D eigenvalue weighted by Gasteiger charge is -2.33. The van der Waals surface area contributed by atoms with Crippen LogP contribution in [-0.4, -0.2) is 66.9 Å². The molecule has 1 aromatic heterocycles. The lowest BCUT2D eigenvalue weighted by atomic mass is 9.89. The van der Waals surface area contributed by atoms with E-state index in [-0.39, 0.29) is 17.7 Å². The summed E-state index contributed by atoms with van der Waals surface area (Å²) in [4.78, 5) is 36.8. The quantitative estimate of drug-likeness (QED) is 0.656. The van der Waals surface area contributed by atoms with Crippen LogP contribution in [0.5, 0.6) is 0 Å². The number of anilines is 1. The van der Waals surface area contributed by atoms with Crippen molar-refractivity contribution in [3.05, 3.63) is 71.1 Å². The van der Waals surface area contributed by atoms with Crippen molar-refractivity contribution >= 4 is 17.5 Å². The first kappa shape index (κ1) is 23.0. The van der Waals surface area contributed by atoms with Crippen LogP contribution in [0.2, 0.25) is 0 Å². The van der Waals surface area contributed by atoms with Gasteiger partial charge in [-0.3, -0.25) is 14.6 Å². The zero-order chi connectivity index (χ0) is 23.4. The molecule has 3 heterocycles. The largest absolute Gasteiger partial charge is 0.378 e. The Morgan fingerprint density at radius 3 is 2.33 bits per heavy atom. The number of hydrogen-bond acceptors (Lipinski definition) is 4. The maximum Gasteiger partial charge on any atom is 0.256 e. The van der Waals surface area contributed by atoms with Crippen molar-refractivity contribution in [2.75, 3.05) is 45.2 Å². The molecule has 0 bridgehead atoms. The molecule has 4 rings (SSSR count). The van der Waals surface area contributed by atoms with Crippen LogP contribution in [0.15, 0.2) is 48.6 Å². The van der Waals surface area contributed by atoms with Gasteiger partial charge < -0.3 is 14.7 Å². The average Bonchev–Trinajstić information content (AvgIpc) is 2.84. The number of nitrogens with zero attached hydrogens (tertiary/aromatic N) is 4. The molecule has 2 aliphatic rings. The Morgan fingerprint density at radius 2 is 1.70 bits per heavy atom. The Bertz CT molecular complexity index is 1020. The number of benzene rings is 1. The molecule has 6 heteroatoms. The Morgan fingerprint density at radius 1 is 0.970 bits per heavy atom. The van der Waals surface area contributed by atoms with Gasteiger partial charge in [0.15, 0.2) is 0 Å². The van der Waals surface area contributed by atoms with Gasteiger partial charge in [0.1, 0.15) is 0 Å². The predicted octanol–water partition coefficient (Wildman–Crippen LogP) is 3.81. The van der Waals surface area contributed by atoms with Crippen molar-refractivity contribution in [2.45, 2.75) is 38.5 Å². The van der Waals surface area contributed by atoms with Gasteiger partial charge in [-0.1, -0.05) is 24.3 Å². The highest BCUT2D eigenvalue weighted by Crippen LogP contribution is 2.30. The van der Waals surface area contributed by atoms with Crippen LogP contribution in [0.25, 0.3) is 0 Å². The van der Waals surface area contributed by atoms with Crippen LogP contribution in [0.3, 0.4) is 0 Å². The van der Waals surface area contributed by atoms with Gasteiger partial charge in [-0.25, -0.2) is 0 Å². The van der Waals surface area contributed by atoms with E-state index in [0.29, 0.717) is 26.1 Å². The molecular weight excluding hydrogens is 412 g/mol. The summed E-state index contributed by atoms with van der Waals surface area (Å²) in [6.45, 7) is 4.80. The van der Waals surface area contributed by atoms with Gasteiger partial charge in [-0.05, 0) is 56.0 Å². The number of carbonyl (C=O) groups excluding carboxylic acids is 2. The Hall–Kier alpha value is -3.15. The number of pyridine rings is 1. The standard InChI is InChI=1S/C27H34N4O2/c1-20-7-12-24(27(33)31-15-5-4-6-16-31)26(28-20)22-13-17-30(18-14-22)25(32)19-21-8-10-23(11-9-21)29(2)3/h4-5,7-12,22H,6,13-19H2,1-3H3. The minimum Gasteiger partial charge on any atom is -0.378 e. The smallest absolute Gasteiger partial charge is 0.256 e. The van der Waals surface area contributed by atoms with Crippen LogP contribution in [0, 0.1) is 6.92 Å². The minimum atomic E-state index is 0.0709. The first-order valence-electron chi connectivity index (χ1n) is 11.9. The molecule has 2 aliphatic heterocycles. The fourth-order valence-corrected chi connectivity index (χ4v) is 4.67. The highest BCUT2D eigenvalue weighted by Gasteiger charge is 2.29. The van der Waals surface area contributed by atoms with Crippen LogP contribution < -0.4 is 4.90 Å². The summed E-state index contributed by atoms with van der Waals surface area (Å²) in [6.07, 6.45) is 7.18. The Balaban J connectivity index is 1.40. The van der Waals surface area contributed by atoms with Gasteiger partial charge in [0.25, 0.3) is 5.91 Å². The fraction of sp³-hybridized carbons (Fsp3) is 0.444. The van der Waals surface area contributed by atoms with Crippen molar-refractivity contribution in [3.8, 4) is 0 Å². The van der Waals surface area contributed by atoms with Gasteiger partial charge in [-0.15, -0.1) is 0 Å². The molecule has 1 saturated heterocycles. The number of carbonyl (C=O) groups is 2. The van der Waals surface area contributed by atoms with Crippen molar-refractivity contribution < 1.29 is 9.59 Å². The minimum absolute atomic E-state index is 0.0709. The summed E-state index contributed by atoms with van der Waals surface area (Å²) in [5.41, 5.74) is 4.72. The molecule has 0 saturated carbocycles. The number of rotatable bonds is 5. The third-order valence-electron chi connectivity index (χ3n) is 6.68. The first-order chi connectivity index (χ1) is 15.9. The maximum atomic E-state index is 13.2. The lowest BCUT2D eigenvalue weighted by molar-refractivity contribution is -0.131.